The summed E-state index contributed by atoms with van der Waals surface area (Å²) in [6.07, 6.45) is 0. The van der Waals surface area contributed by atoms with Gasteiger partial charge in [0.1, 0.15) is 0 Å². The van der Waals surface area contributed by atoms with Crippen molar-refractivity contribution in [1.29, 1.82) is 5.26 Å². The van der Waals surface area contributed by atoms with Crippen molar-refractivity contribution in [3.05, 3.63) is 34.3 Å². The zero-order chi connectivity index (χ0) is 12.0. The minimum absolute atomic E-state index is 0.141. The number of hydrogen-bond donors (Lipinski definition) is 1. The Labute approximate surface area is 101 Å². The van der Waals surface area contributed by atoms with Crippen LogP contribution < -0.4 is 0 Å². The van der Waals surface area contributed by atoms with Gasteiger partial charge in [0.2, 0.25) is 0 Å². The highest BCUT2D eigenvalue weighted by Gasteiger charge is 2.07. The normalized spacial score (nSPS) is 10.4. The Kier molecular flexibility index (Phi) is 5.27. The summed E-state index contributed by atoms with van der Waals surface area (Å²) in [7, 11) is 0. The first kappa shape index (κ1) is 13.0. The number of nitrogens with zero attached hydrogens (tertiary/aromatic N) is 2. The van der Waals surface area contributed by atoms with E-state index in [-0.39, 0.29) is 6.61 Å². The Balaban J connectivity index is 2.77. The number of likely N-dealkylation sites (N-methyl/N-ethyl adjacent to an activating group) is 1. The van der Waals surface area contributed by atoms with E-state index in [1.807, 2.05) is 19.1 Å². The standard InChI is InChI=1S/C12H15ClN2O/c1-2-15(5-6-16)9-11-4-3-10(8-14)7-12(11)13/h3-4,7,16H,2,5-6,9H2,1H3. The molecule has 16 heavy (non-hydrogen) atoms. The van der Waals surface area contributed by atoms with Crippen LogP contribution in [0, 0.1) is 11.3 Å². The average molecular weight is 239 g/mol. The molecule has 1 aromatic rings. The van der Waals surface area contributed by atoms with E-state index >= 15 is 0 Å². The first-order valence-electron chi connectivity index (χ1n) is 5.23. The summed E-state index contributed by atoms with van der Waals surface area (Å²) >= 11 is 6.07. The van der Waals surface area contributed by atoms with Crippen LogP contribution in [0.1, 0.15) is 18.1 Å². The van der Waals surface area contributed by atoms with Crippen LogP contribution in [0.5, 0.6) is 0 Å². The van der Waals surface area contributed by atoms with E-state index in [0.29, 0.717) is 23.7 Å². The second kappa shape index (κ2) is 6.49. The van der Waals surface area contributed by atoms with E-state index in [0.717, 1.165) is 12.1 Å². The number of halogens is 1. The van der Waals surface area contributed by atoms with Crippen molar-refractivity contribution < 1.29 is 5.11 Å². The van der Waals surface area contributed by atoms with Crippen LogP contribution >= 0.6 is 11.6 Å². The van der Waals surface area contributed by atoms with Crippen molar-refractivity contribution >= 4 is 11.6 Å². The maximum atomic E-state index is 8.88. The van der Waals surface area contributed by atoms with Gasteiger partial charge >= 0.3 is 0 Å². The monoisotopic (exact) mass is 238 g/mol. The summed E-state index contributed by atoms with van der Waals surface area (Å²) in [6, 6.07) is 7.34. The second-order valence-corrected chi connectivity index (χ2v) is 3.92. The van der Waals surface area contributed by atoms with Crippen LogP contribution in [-0.4, -0.2) is 29.7 Å². The zero-order valence-electron chi connectivity index (χ0n) is 9.28. The van der Waals surface area contributed by atoms with Gasteiger partial charge in [-0.2, -0.15) is 5.26 Å². The molecule has 3 nitrogen and oxygen atoms in total. The Morgan fingerprint density at radius 2 is 2.25 bits per heavy atom. The summed E-state index contributed by atoms with van der Waals surface area (Å²) in [5.41, 5.74) is 1.55. The van der Waals surface area contributed by atoms with Gasteiger partial charge in [0.15, 0.2) is 0 Å². The van der Waals surface area contributed by atoms with Gasteiger partial charge in [-0.1, -0.05) is 24.6 Å². The van der Waals surface area contributed by atoms with Gasteiger partial charge in [-0.15, -0.1) is 0 Å². The van der Waals surface area contributed by atoms with Crippen molar-refractivity contribution in [3.63, 3.8) is 0 Å². The van der Waals surface area contributed by atoms with Gasteiger partial charge in [-0.05, 0) is 24.2 Å². The van der Waals surface area contributed by atoms with Crippen molar-refractivity contribution in [2.24, 2.45) is 0 Å². The van der Waals surface area contributed by atoms with E-state index in [1.54, 1.807) is 12.1 Å². The number of aliphatic hydroxyl groups is 1. The molecular weight excluding hydrogens is 224 g/mol. The third kappa shape index (κ3) is 3.49. The molecule has 1 rings (SSSR count). The lowest BCUT2D eigenvalue weighted by Gasteiger charge is -2.19. The zero-order valence-corrected chi connectivity index (χ0v) is 10.0. The number of aliphatic hydroxyl groups excluding tert-OH is 1. The predicted molar refractivity (Wildman–Crippen MR) is 64.2 cm³/mol. The first-order valence-corrected chi connectivity index (χ1v) is 5.60. The third-order valence-corrected chi connectivity index (χ3v) is 2.79. The summed E-state index contributed by atoms with van der Waals surface area (Å²) in [6.45, 7) is 4.36. The second-order valence-electron chi connectivity index (χ2n) is 3.51. The molecule has 86 valence electrons. The number of benzene rings is 1. The topological polar surface area (TPSA) is 47.3 Å². The maximum Gasteiger partial charge on any atom is 0.0992 e. The quantitative estimate of drug-likeness (QED) is 0.854. The fourth-order valence-electron chi connectivity index (χ4n) is 1.48. The van der Waals surface area contributed by atoms with Crippen LogP contribution in [0.3, 0.4) is 0 Å². The Morgan fingerprint density at radius 1 is 1.50 bits per heavy atom. The molecule has 0 amide bonds. The highest BCUT2D eigenvalue weighted by Crippen LogP contribution is 2.19. The summed E-state index contributed by atoms with van der Waals surface area (Å²) < 4.78 is 0. The van der Waals surface area contributed by atoms with Crippen LogP contribution in [0.15, 0.2) is 18.2 Å². The Hall–Kier alpha value is -1.08. The number of nitriles is 1. The molecule has 0 atom stereocenters. The average Bonchev–Trinajstić information content (AvgIpc) is 2.30. The summed E-state index contributed by atoms with van der Waals surface area (Å²) in [5, 5.41) is 18.2. The SMILES string of the molecule is CCN(CCO)Cc1ccc(C#N)cc1Cl. The molecule has 4 heteroatoms. The van der Waals surface area contributed by atoms with Crippen molar-refractivity contribution in [2.75, 3.05) is 19.7 Å². The van der Waals surface area contributed by atoms with E-state index in [9.17, 15) is 0 Å². The minimum atomic E-state index is 0.141. The lowest BCUT2D eigenvalue weighted by molar-refractivity contribution is 0.197. The van der Waals surface area contributed by atoms with Crippen molar-refractivity contribution in [2.45, 2.75) is 13.5 Å². The number of hydrogen-bond acceptors (Lipinski definition) is 3. The summed E-state index contributed by atoms with van der Waals surface area (Å²) in [4.78, 5) is 2.09. The lowest BCUT2D eigenvalue weighted by Crippen LogP contribution is -2.26. The van der Waals surface area contributed by atoms with Gasteiger partial charge in [-0.25, -0.2) is 0 Å². The van der Waals surface area contributed by atoms with Gasteiger partial charge < -0.3 is 5.11 Å². The van der Waals surface area contributed by atoms with Crippen LogP contribution in [0.25, 0.3) is 0 Å². The lowest BCUT2D eigenvalue weighted by atomic mass is 10.1. The van der Waals surface area contributed by atoms with Crippen LogP contribution in [0.4, 0.5) is 0 Å². The van der Waals surface area contributed by atoms with Crippen molar-refractivity contribution in [1.82, 2.24) is 4.90 Å². The molecule has 0 heterocycles. The Morgan fingerprint density at radius 3 is 2.75 bits per heavy atom. The third-order valence-electron chi connectivity index (χ3n) is 2.44. The molecule has 0 unspecified atom stereocenters. The molecule has 0 aromatic heterocycles. The van der Waals surface area contributed by atoms with Gasteiger partial charge in [0.05, 0.1) is 18.2 Å². The molecule has 0 radical (unpaired) electrons. The van der Waals surface area contributed by atoms with E-state index in [4.69, 9.17) is 22.0 Å². The minimum Gasteiger partial charge on any atom is -0.395 e. The Bertz CT molecular complexity index is 387. The number of rotatable bonds is 5. The van der Waals surface area contributed by atoms with Crippen LogP contribution in [-0.2, 0) is 6.54 Å². The smallest absolute Gasteiger partial charge is 0.0992 e. The molecule has 1 aromatic carbocycles. The first-order chi connectivity index (χ1) is 7.71. The fraction of sp³-hybridized carbons (Fsp3) is 0.417. The highest BCUT2D eigenvalue weighted by molar-refractivity contribution is 6.31. The molecular formula is C12H15ClN2O. The molecule has 0 aliphatic heterocycles. The maximum absolute atomic E-state index is 8.88. The molecule has 0 fully saturated rings. The molecule has 0 spiro atoms. The largest absolute Gasteiger partial charge is 0.395 e. The molecule has 1 N–H and O–H groups in total. The van der Waals surface area contributed by atoms with Gasteiger partial charge in [-0.3, -0.25) is 4.90 Å². The molecule has 0 saturated heterocycles. The van der Waals surface area contributed by atoms with E-state index < -0.39 is 0 Å². The molecule has 0 saturated carbocycles. The molecule has 0 aliphatic rings. The predicted octanol–water partition coefficient (Wildman–Crippen LogP) is 2.03. The van der Waals surface area contributed by atoms with E-state index in [2.05, 4.69) is 4.90 Å². The van der Waals surface area contributed by atoms with Gasteiger partial charge in [0, 0.05) is 18.1 Å². The summed E-state index contributed by atoms with van der Waals surface area (Å²) in [5.74, 6) is 0. The van der Waals surface area contributed by atoms with Gasteiger partial charge in [0.25, 0.3) is 0 Å². The van der Waals surface area contributed by atoms with Crippen molar-refractivity contribution in [3.8, 4) is 6.07 Å². The molecule has 0 aliphatic carbocycles. The molecule has 0 bridgehead atoms. The fourth-order valence-corrected chi connectivity index (χ4v) is 1.72. The van der Waals surface area contributed by atoms with E-state index in [1.165, 1.54) is 0 Å². The highest BCUT2D eigenvalue weighted by atomic mass is 35.5. The van der Waals surface area contributed by atoms with Crippen LogP contribution in [0.2, 0.25) is 5.02 Å².